The van der Waals surface area contributed by atoms with Crippen LogP contribution in [0.1, 0.15) is 55.4 Å². The summed E-state index contributed by atoms with van der Waals surface area (Å²) in [5.41, 5.74) is -0.986. The van der Waals surface area contributed by atoms with E-state index in [1.165, 1.54) is 4.90 Å². The minimum absolute atomic E-state index is 0.262. The summed E-state index contributed by atoms with van der Waals surface area (Å²) < 4.78 is 16.4. The Morgan fingerprint density at radius 3 is 2.35 bits per heavy atom. The van der Waals surface area contributed by atoms with Gasteiger partial charge in [-0.15, -0.1) is 0 Å². The van der Waals surface area contributed by atoms with Crippen LogP contribution in [0.15, 0.2) is 11.6 Å². The van der Waals surface area contributed by atoms with E-state index < -0.39 is 29.4 Å². The first-order valence-electron chi connectivity index (χ1n) is 7.94. The van der Waals surface area contributed by atoms with Crippen molar-refractivity contribution in [3.63, 3.8) is 0 Å². The van der Waals surface area contributed by atoms with E-state index in [9.17, 15) is 9.59 Å². The van der Waals surface area contributed by atoms with Crippen LogP contribution in [0.3, 0.4) is 0 Å². The van der Waals surface area contributed by atoms with Crippen molar-refractivity contribution in [2.45, 2.75) is 78.9 Å². The van der Waals surface area contributed by atoms with Gasteiger partial charge in [-0.3, -0.25) is 4.90 Å². The van der Waals surface area contributed by atoms with Crippen LogP contribution in [0.5, 0.6) is 0 Å². The first kappa shape index (κ1) is 19.5. The van der Waals surface area contributed by atoms with Gasteiger partial charge in [0.2, 0.25) is 0 Å². The fourth-order valence-corrected chi connectivity index (χ4v) is 2.58. The summed E-state index contributed by atoms with van der Waals surface area (Å²) >= 11 is 0. The number of nitrogens with zero attached hydrogens (tertiary/aromatic N) is 1. The Hall–Kier alpha value is -1.56. The van der Waals surface area contributed by atoms with Gasteiger partial charge >= 0.3 is 12.1 Å². The third kappa shape index (κ3) is 4.96. The Labute approximate surface area is 138 Å². The van der Waals surface area contributed by atoms with E-state index in [4.69, 9.17) is 14.2 Å². The maximum absolute atomic E-state index is 12.6. The van der Waals surface area contributed by atoms with Crippen molar-refractivity contribution < 1.29 is 23.8 Å². The highest BCUT2D eigenvalue weighted by molar-refractivity contribution is 5.88. The summed E-state index contributed by atoms with van der Waals surface area (Å²) in [6.07, 6.45) is 0.980. The molecular formula is C17H29NO5. The van der Waals surface area contributed by atoms with E-state index in [1.54, 1.807) is 33.8 Å². The summed E-state index contributed by atoms with van der Waals surface area (Å²) in [6.45, 7) is 14.6. The number of carbonyl (C=O) groups is 2. The lowest BCUT2D eigenvalue weighted by atomic mass is 10.1. The molecule has 1 fully saturated rings. The molecule has 0 aromatic heterocycles. The number of rotatable bonds is 3. The van der Waals surface area contributed by atoms with Crippen LogP contribution in [0.25, 0.3) is 0 Å². The molecule has 132 valence electrons. The fraction of sp³-hybridized carbons (Fsp3) is 0.765. The molecule has 2 atom stereocenters. The molecule has 0 spiro atoms. The van der Waals surface area contributed by atoms with Crippen molar-refractivity contribution in [3.05, 3.63) is 11.6 Å². The van der Waals surface area contributed by atoms with Gasteiger partial charge in [0.05, 0.1) is 18.8 Å². The van der Waals surface area contributed by atoms with Crippen molar-refractivity contribution in [3.8, 4) is 0 Å². The van der Waals surface area contributed by atoms with Crippen LogP contribution in [0.2, 0.25) is 0 Å². The van der Waals surface area contributed by atoms with Crippen molar-refractivity contribution in [2.75, 3.05) is 6.61 Å². The Bertz CT molecular complexity index is 490. The molecule has 1 heterocycles. The molecule has 0 N–H and O–H groups in total. The zero-order valence-electron chi connectivity index (χ0n) is 15.4. The standard InChI is InChI=1S/C17H29NO5/c1-9-21-14(19)11(2)10-13-12(3)22-17(7,8)18(13)15(20)23-16(4,5)6/h10,12-13H,9H2,1-8H3/t12-,13?/m1/s1. The Morgan fingerprint density at radius 2 is 1.87 bits per heavy atom. The van der Waals surface area contributed by atoms with E-state index in [0.29, 0.717) is 12.2 Å². The van der Waals surface area contributed by atoms with Crippen molar-refractivity contribution >= 4 is 12.1 Å². The van der Waals surface area contributed by atoms with Gasteiger partial charge in [-0.2, -0.15) is 0 Å². The second-order valence-corrected chi connectivity index (χ2v) is 7.18. The number of ether oxygens (including phenoxy) is 3. The third-order valence-electron chi connectivity index (χ3n) is 3.44. The van der Waals surface area contributed by atoms with E-state index in [2.05, 4.69) is 0 Å². The molecule has 0 aliphatic carbocycles. The second-order valence-electron chi connectivity index (χ2n) is 7.18. The van der Waals surface area contributed by atoms with Crippen molar-refractivity contribution in [2.24, 2.45) is 0 Å². The number of carbonyl (C=O) groups excluding carboxylic acids is 2. The van der Waals surface area contributed by atoms with Crippen LogP contribution in [0.4, 0.5) is 4.79 Å². The number of hydrogen-bond donors (Lipinski definition) is 0. The molecule has 23 heavy (non-hydrogen) atoms. The van der Waals surface area contributed by atoms with Crippen molar-refractivity contribution in [1.82, 2.24) is 4.90 Å². The van der Waals surface area contributed by atoms with E-state index >= 15 is 0 Å². The molecule has 0 bridgehead atoms. The molecule has 6 heteroatoms. The number of amides is 1. The van der Waals surface area contributed by atoms with Crippen LogP contribution < -0.4 is 0 Å². The van der Waals surface area contributed by atoms with Gasteiger partial charge in [0.15, 0.2) is 0 Å². The van der Waals surface area contributed by atoms with Crippen LogP contribution in [-0.4, -0.2) is 47.0 Å². The second kappa shape index (κ2) is 6.91. The monoisotopic (exact) mass is 327 g/mol. The quantitative estimate of drug-likeness (QED) is 0.588. The largest absolute Gasteiger partial charge is 0.463 e. The highest BCUT2D eigenvalue weighted by atomic mass is 16.6. The van der Waals surface area contributed by atoms with E-state index in [1.807, 2.05) is 27.7 Å². The lowest BCUT2D eigenvalue weighted by Gasteiger charge is -2.34. The van der Waals surface area contributed by atoms with Crippen LogP contribution in [0, 0.1) is 0 Å². The smallest absolute Gasteiger partial charge is 0.413 e. The molecule has 1 unspecified atom stereocenters. The molecule has 6 nitrogen and oxygen atoms in total. The summed E-state index contributed by atoms with van der Waals surface area (Å²) in [6, 6.07) is -0.399. The van der Waals surface area contributed by atoms with Gasteiger partial charge in [-0.1, -0.05) is 0 Å². The summed E-state index contributed by atoms with van der Waals surface area (Å²) in [5, 5.41) is 0. The molecule has 1 aliphatic heterocycles. The summed E-state index contributed by atoms with van der Waals surface area (Å²) in [5.74, 6) is -0.395. The molecule has 1 aliphatic rings. The molecule has 0 aromatic rings. The van der Waals surface area contributed by atoms with E-state index in [0.717, 1.165) is 0 Å². The third-order valence-corrected chi connectivity index (χ3v) is 3.44. The predicted octanol–water partition coefficient (Wildman–Crippen LogP) is 3.26. The first-order valence-corrected chi connectivity index (χ1v) is 7.94. The maximum Gasteiger partial charge on any atom is 0.413 e. The van der Waals surface area contributed by atoms with Gasteiger partial charge in [-0.25, -0.2) is 9.59 Å². The summed E-state index contributed by atoms with van der Waals surface area (Å²) in [4.78, 5) is 26.0. The highest BCUT2D eigenvalue weighted by Crippen LogP contribution is 2.34. The van der Waals surface area contributed by atoms with Gasteiger partial charge in [0, 0.05) is 5.57 Å². The first-order chi connectivity index (χ1) is 10.4. The molecule has 0 aromatic carbocycles. The SMILES string of the molecule is CCOC(=O)C(C)=CC1[C@@H](C)OC(C)(C)N1C(=O)OC(C)(C)C. The van der Waals surface area contributed by atoms with Gasteiger partial charge in [0.1, 0.15) is 11.3 Å². The maximum atomic E-state index is 12.6. The fourth-order valence-electron chi connectivity index (χ4n) is 2.58. The number of hydrogen-bond acceptors (Lipinski definition) is 5. The van der Waals surface area contributed by atoms with E-state index in [-0.39, 0.29) is 6.10 Å². The molecule has 1 saturated heterocycles. The summed E-state index contributed by atoms with van der Waals surface area (Å²) in [7, 11) is 0. The van der Waals surface area contributed by atoms with Gasteiger partial charge in [0.25, 0.3) is 0 Å². The molecule has 0 radical (unpaired) electrons. The predicted molar refractivity (Wildman–Crippen MR) is 86.9 cm³/mol. The van der Waals surface area contributed by atoms with Crippen LogP contribution >= 0.6 is 0 Å². The minimum atomic E-state index is -0.822. The normalized spacial score (nSPS) is 24.5. The average Bonchev–Trinajstić information content (AvgIpc) is 2.56. The lowest BCUT2D eigenvalue weighted by Crippen LogP contribution is -2.49. The highest BCUT2D eigenvalue weighted by Gasteiger charge is 2.48. The number of esters is 1. The zero-order valence-corrected chi connectivity index (χ0v) is 15.4. The van der Waals surface area contributed by atoms with Crippen LogP contribution in [-0.2, 0) is 19.0 Å². The van der Waals surface area contributed by atoms with Gasteiger partial charge < -0.3 is 14.2 Å². The zero-order chi connectivity index (χ0) is 18.0. The lowest BCUT2D eigenvalue weighted by molar-refractivity contribution is -0.138. The van der Waals surface area contributed by atoms with Crippen molar-refractivity contribution in [1.29, 1.82) is 0 Å². The molecule has 1 rings (SSSR count). The minimum Gasteiger partial charge on any atom is -0.463 e. The molecule has 0 saturated carbocycles. The van der Waals surface area contributed by atoms with Gasteiger partial charge in [-0.05, 0) is 61.5 Å². The molecule has 1 amide bonds. The Morgan fingerprint density at radius 1 is 1.30 bits per heavy atom. The Balaban J connectivity index is 3.09. The average molecular weight is 327 g/mol. The Kier molecular flexibility index (Phi) is 5.85. The molecular weight excluding hydrogens is 298 g/mol. The topological polar surface area (TPSA) is 65.1 Å².